The first-order chi connectivity index (χ1) is 10.1. The third kappa shape index (κ3) is 2.91. The molecule has 1 aromatic carbocycles. The molecule has 0 aliphatic rings. The summed E-state index contributed by atoms with van der Waals surface area (Å²) in [6.45, 7) is 1.95. The molecule has 0 aliphatic carbocycles. The smallest absolute Gasteiger partial charge is 0.267 e. The normalized spacial score (nSPS) is 10.3. The molecule has 0 fully saturated rings. The van der Waals surface area contributed by atoms with Gasteiger partial charge < -0.3 is 11.5 Å². The number of pyridine rings is 1. The van der Waals surface area contributed by atoms with Crippen molar-refractivity contribution in [1.29, 1.82) is 0 Å². The lowest BCUT2D eigenvalue weighted by Crippen LogP contribution is -2.22. The van der Waals surface area contributed by atoms with Crippen LogP contribution in [0.5, 0.6) is 0 Å². The molecule has 2 aromatic rings. The van der Waals surface area contributed by atoms with E-state index in [1.165, 1.54) is 6.20 Å². The number of benzene rings is 1. The van der Waals surface area contributed by atoms with Gasteiger partial charge in [0.25, 0.3) is 5.91 Å². The van der Waals surface area contributed by atoms with E-state index in [9.17, 15) is 9.59 Å². The Morgan fingerprint density at radius 2 is 1.76 bits per heavy atom. The van der Waals surface area contributed by atoms with Crippen molar-refractivity contribution in [2.45, 2.75) is 19.8 Å². The van der Waals surface area contributed by atoms with Crippen molar-refractivity contribution in [3.8, 4) is 11.1 Å². The fourth-order valence-corrected chi connectivity index (χ4v) is 2.38. The first-order valence-electron chi connectivity index (χ1n) is 6.73. The molecule has 0 aliphatic heterocycles. The zero-order valence-electron chi connectivity index (χ0n) is 11.8. The van der Waals surface area contributed by atoms with Gasteiger partial charge in [-0.3, -0.25) is 14.6 Å². The van der Waals surface area contributed by atoms with Crippen LogP contribution < -0.4 is 11.5 Å². The number of aromatic nitrogens is 1. The van der Waals surface area contributed by atoms with Gasteiger partial charge in [0.15, 0.2) is 0 Å². The van der Waals surface area contributed by atoms with Crippen molar-refractivity contribution < 1.29 is 9.59 Å². The van der Waals surface area contributed by atoms with Crippen LogP contribution in [-0.2, 0) is 6.42 Å². The topological polar surface area (TPSA) is 99.1 Å². The highest BCUT2D eigenvalue weighted by atomic mass is 16.1. The van der Waals surface area contributed by atoms with Gasteiger partial charge in [-0.2, -0.15) is 0 Å². The van der Waals surface area contributed by atoms with Crippen molar-refractivity contribution in [1.82, 2.24) is 4.98 Å². The van der Waals surface area contributed by atoms with Crippen LogP contribution in [0.3, 0.4) is 0 Å². The number of nitrogens with zero attached hydrogens (tertiary/aromatic N) is 1. The SMILES string of the molecule is CCCc1c(C(N)=O)ncc(-c2ccccc2)c1C(N)=O. The maximum atomic E-state index is 11.9. The average molecular weight is 283 g/mol. The minimum Gasteiger partial charge on any atom is -0.366 e. The number of primary amides is 2. The molecule has 2 rings (SSSR count). The molecule has 0 saturated heterocycles. The minimum absolute atomic E-state index is 0.116. The molecule has 5 nitrogen and oxygen atoms in total. The number of hydrogen-bond acceptors (Lipinski definition) is 3. The zero-order chi connectivity index (χ0) is 15.4. The van der Waals surface area contributed by atoms with Crippen LogP contribution in [0.15, 0.2) is 36.5 Å². The zero-order valence-corrected chi connectivity index (χ0v) is 11.8. The largest absolute Gasteiger partial charge is 0.366 e. The summed E-state index contributed by atoms with van der Waals surface area (Å²) in [7, 11) is 0. The molecule has 0 radical (unpaired) electrons. The first-order valence-corrected chi connectivity index (χ1v) is 6.73. The predicted molar refractivity (Wildman–Crippen MR) is 80.7 cm³/mol. The van der Waals surface area contributed by atoms with E-state index in [4.69, 9.17) is 11.5 Å². The number of nitrogens with two attached hydrogens (primary N) is 2. The van der Waals surface area contributed by atoms with Crippen molar-refractivity contribution in [3.63, 3.8) is 0 Å². The molecular formula is C16H17N3O2. The van der Waals surface area contributed by atoms with E-state index in [-0.39, 0.29) is 5.69 Å². The molecule has 0 atom stereocenters. The van der Waals surface area contributed by atoms with Crippen molar-refractivity contribution in [3.05, 3.63) is 53.3 Å². The minimum atomic E-state index is -0.652. The molecular weight excluding hydrogens is 266 g/mol. The number of carbonyl (C=O) groups excluding carboxylic acids is 2. The van der Waals surface area contributed by atoms with Gasteiger partial charge in [0, 0.05) is 11.8 Å². The van der Waals surface area contributed by atoms with E-state index in [1.54, 1.807) is 0 Å². The first kappa shape index (κ1) is 14.7. The summed E-state index contributed by atoms with van der Waals surface area (Å²) in [4.78, 5) is 27.6. The molecule has 0 bridgehead atoms. The number of rotatable bonds is 5. The Hall–Kier alpha value is -2.69. The molecule has 21 heavy (non-hydrogen) atoms. The fourth-order valence-electron chi connectivity index (χ4n) is 2.38. The molecule has 1 heterocycles. The quantitative estimate of drug-likeness (QED) is 0.876. The maximum absolute atomic E-state index is 11.9. The average Bonchev–Trinajstić information content (AvgIpc) is 2.47. The second-order valence-corrected chi connectivity index (χ2v) is 4.72. The van der Waals surface area contributed by atoms with Crippen molar-refractivity contribution >= 4 is 11.8 Å². The lowest BCUT2D eigenvalue weighted by molar-refractivity contribution is 0.0994. The van der Waals surface area contributed by atoms with Gasteiger partial charge in [-0.15, -0.1) is 0 Å². The van der Waals surface area contributed by atoms with Crippen LogP contribution >= 0.6 is 0 Å². The third-order valence-corrected chi connectivity index (χ3v) is 3.24. The summed E-state index contributed by atoms with van der Waals surface area (Å²) in [6, 6.07) is 9.33. The highest BCUT2D eigenvalue weighted by Crippen LogP contribution is 2.27. The van der Waals surface area contributed by atoms with E-state index in [2.05, 4.69) is 4.98 Å². The maximum Gasteiger partial charge on any atom is 0.267 e. The van der Waals surface area contributed by atoms with Crippen LogP contribution in [-0.4, -0.2) is 16.8 Å². The lowest BCUT2D eigenvalue weighted by atomic mass is 9.93. The third-order valence-electron chi connectivity index (χ3n) is 3.24. The molecule has 1 aromatic heterocycles. The lowest BCUT2D eigenvalue weighted by Gasteiger charge is -2.14. The van der Waals surface area contributed by atoms with Gasteiger partial charge in [-0.25, -0.2) is 0 Å². The number of carbonyl (C=O) groups is 2. The Morgan fingerprint density at radius 1 is 1.10 bits per heavy atom. The summed E-state index contributed by atoms with van der Waals surface area (Å²) in [6.07, 6.45) is 2.75. The van der Waals surface area contributed by atoms with E-state index in [1.807, 2.05) is 37.3 Å². The molecule has 4 N–H and O–H groups in total. The summed E-state index contributed by atoms with van der Waals surface area (Å²) < 4.78 is 0. The Bertz CT molecular complexity index is 681. The van der Waals surface area contributed by atoms with Gasteiger partial charge >= 0.3 is 0 Å². The summed E-state index contributed by atoms with van der Waals surface area (Å²) in [5.74, 6) is -1.23. The number of hydrogen-bond donors (Lipinski definition) is 2. The van der Waals surface area contributed by atoms with E-state index >= 15 is 0 Å². The summed E-state index contributed by atoms with van der Waals surface area (Å²) >= 11 is 0. The molecule has 5 heteroatoms. The van der Waals surface area contributed by atoms with Crippen LogP contribution in [0.25, 0.3) is 11.1 Å². The van der Waals surface area contributed by atoms with Gasteiger partial charge in [-0.05, 0) is 17.5 Å². The summed E-state index contributed by atoms with van der Waals surface area (Å²) in [5, 5.41) is 0. The second-order valence-electron chi connectivity index (χ2n) is 4.72. The standard InChI is InChI=1S/C16H17N3O2/c1-2-6-11-13(15(17)20)12(9-19-14(11)16(18)21)10-7-4-3-5-8-10/h3-5,7-9H,2,6H2,1H3,(H2,17,20)(H2,18,21). The Balaban J connectivity index is 2.76. The predicted octanol–water partition coefficient (Wildman–Crippen LogP) is 1.90. The van der Waals surface area contributed by atoms with E-state index < -0.39 is 11.8 Å². The second kappa shape index (κ2) is 6.17. The number of amides is 2. The highest BCUT2D eigenvalue weighted by Gasteiger charge is 2.21. The highest BCUT2D eigenvalue weighted by molar-refractivity contribution is 6.04. The van der Waals surface area contributed by atoms with Gasteiger partial charge in [-0.1, -0.05) is 43.7 Å². The monoisotopic (exact) mass is 283 g/mol. The van der Waals surface area contributed by atoms with Gasteiger partial charge in [0.05, 0.1) is 5.56 Å². The van der Waals surface area contributed by atoms with Crippen LogP contribution in [0.2, 0.25) is 0 Å². The summed E-state index contributed by atoms with van der Waals surface area (Å²) in [5.41, 5.74) is 13.3. The van der Waals surface area contributed by atoms with E-state index in [0.29, 0.717) is 23.1 Å². The molecule has 0 spiro atoms. The Kier molecular flexibility index (Phi) is 4.33. The van der Waals surface area contributed by atoms with Crippen molar-refractivity contribution in [2.75, 3.05) is 0 Å². The molecule has 2 amide bonds. The van der Waals surface area contributed by atoms with Gasteiger partial charge in [0.2, 0.25) is 5.91 Å². The fraction of sp³-hybridized carbons (Fsp3) is 0.188. The van der Waals surface area contributed by atoms with Gasteiger partial charge in [0.1, 0.15) is 5.69 Å². The van der Waals surface area contributed by atoms with Crippen LogP contribution in [0.4, 0.5) is 0 Å². The molecule has 108 valence electrons. The Morgan fingerprint density at radius 3 is 2.29 bits per heavy atom. The molecule has 0 saturated carbocycles. The van der Waals surface area contributed by atoms with Crippen molar-refractivity contribution in [2.24, 2.45) is 11.5 Å². The van der Waals surface area contributed by atoms with Crippen LogP contribution in [0.1, 0.15) is 39.8 Å². The Labute approximate surface area is 123 Å². The van der Waals surface area contributed by atoms with Crippen LogP contribution in [0, 0.1) is 0 Å². The molecule has 0 unspecified atom stereocenters. The van der Waals surface area contributed by atoms with E-state index in [0.717, 1.165) is 12.0 Å².